The van der Waals surface area contributed by atoms with E-state index in [-0.39, 0.29) is 18.4 Å². The van der Waals surface area contributed by atoms with E-state index in [2.05, 4.69) is 20.6 Å². The van der Waals surface area contributed by atoms with Gasteiger partial charge in [-0.05, 0) is 19.1 Å². The first-order valence-corrected chi connectivity index (χ1v) is 8.02. The summed E-state index contributed by atoms with van der Waals surface area (Å²) in [6, 6.07) is 18.3. The van der Waals surface area contributed by atoms with Crippen LogP contribution >= 0.6 is 0 Å². The molecule has 2 aromatic carbocycles. The van der Waals surface area contributed by atoms with Gasteiger partial charge in [-0.2, -0.15) is 4.98 Å². The Hall–Kier alpha value is -3.12. The van der Waals surface area contributed by atoms with Crippen LogP contribution < -0.4 is 10.6 Å². The van der Waals surface area contributed by atoms with Gasteiger partial charge in [-0.1, -0.05) is 36.4 Å². The molecule has 0 spiro atoms. The van der Waals surface area contributed by atoms with E-state index >= 15 is 0 Å². The molecule has 6 nitrogen and oxygen atoms in total. The van der Waals surface area contributed by atoms with E-state index in [0.29, 0.717) is 11.8 Å². The summed E-state index contributed by atoms with van der Waals surface area (Å²) in [5, 5.41) is 25.1. The Morgan fingerprint density at radius 2 is 1.80 bits per heavy atom. The molecule has 0 saturated heterocycles. The van der Waals surface area contributed by atoms with E-state index < -0.39 is 0 Å². The summed E-state index contributed by atoms with van der Waals surface area (Å²) in [6.45, 7) is 1.83. The van der Waals surface area contributed by atoms with Gasteiger partial charge < -0.3 is 20.8 Å². The van der Waals surface area contributed by atoms with Crippen molar-refractivity contribution >= 4 is 17.5 Å². The molecule has 25 heavy (non-hydrogen) atoms. The number of rotatable bonds is 6. The lowest BCUT2D eigenvalue weighted by Gasteiger charge is -2.14. The van der Waals surface area contributed by atoms with Gasteiger partial charge in [0.05, 0.1) is 12.3 Å². The van der Waals surface area contributed by atoms with Gasteiger partial charge in [0, 0.05) is 29.4 Å². The van der Waals surface area contributed by atoms with Crippen molar-refractivity contribution in [2.24, 2.45) is 0 Å². The molecule has 0 aliphatic heterocycles. The number of nitrogens with one attached hydrogen (secondary N) is 2. The van der Waals surface area contributed by atoms with Crippen molar-refractivity contribution in [2.45, 2.75) is 13.0 Å². The molecule has 3 rings (SSSR count). The SMILES string of the molecule is C[C@H](CO)Nc1nc(Nc2cccc(O)c2)cc(-c2ccccc2)n1. The van der Waals surface area contributed by atoms with Gasteiger partial charge in [0.15, 0.2) is 0 Å². The molecule has 1 heterocycles. The van der Waals surface area contributed by atoms with E-state index in [1.54, 1.807) is 18.2 Å². The van der Waals surface area contributed by atoms with Crippen LogP contribution in [-0.4, -0.2) is 32.8 Å². The van der Waals surface area contributed by atoms with Gasteiger partial charge in [0.1, 0.15) is 11.6 Å². The highest BCUT2D eigenvalue weighted by Crippen LogP contribution is 2.25. The van der Waals surface area contributed by atoms with Crippen LogP contribution in [0.15, 0.2) is 60.7 Å². The summed E-state index contributed by atoms with van der Waals surface area (Å²) in [5.41, 5.74) is 2.44. The second-order valence-electron chi connectivity index (χ2n) is 5.73. The average molecular weight is 336 g/mol. The van der Waals surface area contributed by atoms with Crippen molar-refractivity contribution in [1.29, 1.82) is 0 Å². The fourth-order valence-corrected chi connectivity index (χ4v) is 2.33. The van der Waals surface area contributed by atoms with Crippen molar-refractivity contribution in [3.63, 3.8) is 0 Å². The predicted molar refractivity (Wildman–Crippen MR) is 99.0 cm³/mol. The number of nitrogens with zero attached hydrogens (tertiary/aromatic N) is 2. The number of aliphatic hydroxyl groups is 1. The number of aromatic hydroxyl groups is 1. The highest BCUT2D eigenvalue weighted by Gasteiger charge is 2.09. The topological polar surface area (TPSA) is 90.3 Å². The molecular weight excluding hydrogens is 316 g/mol. The van der Waals surface area contributed by atoms with Crippen LogP contribution in [0.1, 0.15) is 6.92 Å². The quantitative estimate of drug-likeness (QED) is 0.552. The van der Waals surface area contributed by atoms with Crippen LogP contribution in [0.2, 0.25) is 0 Å². The summed E-state index contributed by atoms with van der Waals surface area (Å²) >= 11 is 0. The van der Waals surface area contributed by atoms with E-state index in [1.165, 1.54) is 0 Å². The maximum Gasteiger partial charge on any atom is 0.225 e. The van der Waals surface area contributed by atoms with Gasteiger partial charge in [0.2, 0.25) is 5.95 Å². The Balaban J connectivity index is 1.97. The van der Waals surface area contributed by atoms with Crippen LogP contribution in [0.5, 0.6) is 5.75 Å². The minimum atomic E-state index is -0.167. The van der Waals surface area contributed by atoms with Crippen LogP contribution in [0.3, 0.4) is 0 Å². The molecule has 0 aliphatic rings. The van der Waals surface area contributed by atoms with E-state index in [1.807, 2.05) is 49.4 Å². The van der Waals surface area contributed by atoms with Gasteiger partial charge in [0.25, 0.3) is 0 Å². The third kappa shape index (κ3) is 4.45. The third-order valence-corrected chi connectivity index (χ3v) is 3.56. The summed E-state index contributed by atoms with van der Waals surface area (Å²) in [6.07, 6.45) is 0. The monoisotopic (exact) mass is 336 g/mol. The van der Waals surface area contributed by atoms with Gasteiger partial charge in [-0.3, -0.25) is 0 Å². The summed E-state index contributed by atoms with van der Waals surface area (Å²) < 4.78 is 0. The van der Waals surface area contributed by atoms with Gasteiger partial charge >= 0.3 is 0 Å². The van der Waals surface area contributed by atoms with Crippen molar-refractivity contribution in [1.82, 2.24) is 9.97 Å². The number of anilines is 3. The second kappa shape index (κ2) is 7.63. The lowest BCUT2D eigenvalue weighted by Crippen LogP contribution is -2.21. The maximum absolute atomic E-state index is 9.62. The van der Waals surface area contributed by atoms with Crippen molar-refractivity contribution in [3.8, 4) is 17.0 Å². The number of hydrogen-bond donors (Lipinski definition) is 4. The summed E-state index contributed by atoms with van der Waals surface area (Å²) in [5.74, 6) is 1.19. The Labute approximate surface area is 146 Å². The molecule has 0 bridgehead atoms. The Morgan fingerprint density at radius 1 is 1.00 bits per heavy atom. The maximum atomic E-state index is 9.62. The van der Waals surface area contributed by atoms with E-state index in [0.717, 1.165) is 16.9 Å². The largest absolute Gasteiger partial charge is 0.508 e. The molecular formula is C19H20N4O2. The molecule has 0 saturated carbocycles. The number of aromatic nitrogens is 2. The summed E-state index contributed by atoms with van der Waals surface area (Å²) in [7, 11) is 0. The highest BCUT2D eigenvalue weighted by molar-refractivity contribution is 5.67. The predicted octanol–water partition coefficient (Wildman–Crippen LogP) is 3.39. The zero-order valence-electron chi connectivity index (χ0n) is 13.8. The minimum absolute atomic E-state index is 0.0196. The number of phenolic OH excluding ortho intramolecular Hbond substituents is 1. The van der Waals surface area contributed by atoms with Gasteiger partial charge in [-0.25, -0.2) is 4.98 Å². The van der Waals surface area contributed by atoms with Gasteiger partial charge in [-0.15, -0.1) is 0 Å². The van der Waals surface area contributed by atoms with Crippen LogP contribution in [0.25, 0.3) is 11.3 Å². The summed E-state index contributed by atoms with van der Waals surface area (Å²) in [4.78, 5) is 8.97. The Morgan fingerprint density at radius 3 is 2.52 bits per heavy atom. The Bertz CT molecular complexity index is 840. The fraction of sp³-hybridized carbons (Fsp3) is 0.158. The molecule has 3 aromatic rings. The van der Waals surface area contributed by atoms with E-state index in [9.17, 15) is 10.2 Å². The number of phenols is 1. The van der Waals surface area contributed by atoms with E-state index in [4.69, 9.17) is 0 Å². The normalized spacial score (nSPS) is 11.8. The zero-order valence-corrected chi connectivity index (χ0v) is 13.8. The third-order valence-electron chi connectivity index (χ3n) is 3.56. The van der Waals surface area contributed by atoms with Crippen molar-refractivity contribution < 1.29 is 10.2 Å². The van der Waals surface area contributed by atoms with Crippen LogP contribution in [0, 0.1) is 0 Å². The highest BCUT2D eigenvalue weighted by atomic mass is 16.3. The first kappa shape index (κ1) is 16.7. The lowest BCUT2D eigenvalue weighted by atomic mass is 10.1. The average Bonchev–Trinajstić information content (AvgIpc) is 2.62. The van der Waals surface area contributed by atoms with Crippen LogP contribution in [0.4, 0.5) is 17.5 Å². The molecule has 1 aromatic heterocycles. The lowest BCUT2D eigenvalue weighted by molar-refractivity contribution is 0.281. The second-order valence-corrected chi connectivity index (χ2v) is 5.73. The molecule has 1 atom stereocenters. The molecule has 0 aliphatic carbocycles. The molecule has 6 heteroatoms. The van der Waals surface area contributed by atoms with Crippen molar-refractivity contribution in [3.05, 3.63) is 60.7 Å². The minimum Gasteiger partial charge on any atom is -0.508 e. The number of hydrogen-bond acceptors (Lipinski definition) is 6. The molecule has 0 amide bonds. The number of benzene rings is 2. The van der Waals surface area contributed by atoms with Crippen molar-refractivity contribution in [2.75, 3.05) is 17.2 Å². The number of aliphatic hydroxyl groups excluding tert-OH is 1. The fourth-order valence-electron chi connectivity index (χ4n) is 2.33. The molecule has 128 valence electrons. The Kier molecular flexibility index (Phi) is 5.11. The smallest absolute Gasteiger partial charge is 0.225 e. The standard InChI is InChI=1S/C19H20N4O2/c1-13(12-24)20-19-22-17(14-6-3-2-4-7-14)11-18(23-19)21-15-8-5-9-16(25)10-15/h2-11,13,24-25H,12H2,1H3,(H2,20,21,22,23)/t13-/m1/s1. The zero-order chi connectivity index (χ0) is 17.6. The van der Waals surface area contributed by atoms with Crippen LogP contribution in [-0.2, 0) is 0 Å². The first-order valence-electron chi connectivity index (χ1n) is 8.02. The molecule has 0 unspecified atom stereocenters. The molecule has 0 radical (unpaired) electrons. The molecule has 0 fully saturated rings. The first-order chi connectivity index (χ1) is 12.1. The molecule has 4 N–H and O–H groups in total.